The molecule has 0 radical (unpaired) electrons. The second-order valence-electron chi connectivity index (χ2n) is 6.06. The molecule has 1 atom stereocenters. The molecule has 7 heteroatoms. The molecule has 1 unspecified atom stereocenters. The number of aliphatic hydroxyl groups excluding tert-OH is 1. The molecule has 1 aliphatic rings. The van der Waals surface area contributed by atoms with Crippen LogP contribution < -0.4 is 16.3 Å². The first-order valence-corrected chi connectivity index (χ1v) is 8.20. The van der Waals surface area contributed by atoms with Crippen LogP contribution in [-0.2, 0) is 0 Å². The van der Waals surface area contributed by atoms with Crippen molar-refractivity contribution in [2.75, 3.05) is 44.6 Å². The van der Waals surface area contributed by atoms with Crippen molar-refractivity contribution in [1.29, 1.82) is 0 Å². The highest BCUT2D eigenvalue weighted by molar-refractivity contribution is 5.89. The molecule has 0 aliphatic carbocycles. The molecule has 3 N–H and O–H groups in total. The first kappa shape index (κ1) is 16.9. The lowest BCUT2D eigenvalue weighted by atomic mass is 10.2. The molecule has 0 spiro atoms. The third-order valence-corrected chi connectivity index (χ3v) is 4.13. The smallest absolute Gasteiger partial charge is 0.338 e. The zero-order chi connectivity index (χ0) is 16.9. The molecular weight excluding hydrogens is 313 g/mol. The van der Waals surface area contributed by atoms with E-state index in [4.69, 9.17) is 4.42 Å². The van der Waals surface area contributed by atoms with Gasteiger partial charge in [-0.3, -0.25) is 4.90 Å². The summed E-state index contributed by atoms with van der Waals surface area (Å²) in [4.78, 5) is 13.8. The molecule has 24 heavy (non-hydrogen) atoms. The van der Waals surface area contributed by atoms with E-state index < -0.39 is 17.5 Å². The van der Waals surface area contributed by atoms with Gasteiger partial charge in [0.15, 0.2) is 0 Å². The lowest BCUT2D eigenvalue weighted by Gasteiger charge is -2.23. The highest BCUT2D eigenvalue weighted by Crippen LogP contribution is 2.22. The standard InChI is InChI=1S/C17H22FN3O3/c18-12-2-3-16-14(8-12)15(9-17(23)24-16)20-10-13(22)11-21-6-1-4-19-5-7-21/h2-3,8-9,13,19-20,22H,1,4-7,10-11H2. The topological polar surface area (TPSA) is 77.7 Å². The fourth-order valence-corrected chi connectivity index (χ4v) is 2.96. The van der Waals surface area contributed by atoms with Crippen LogP contribution in [0.1, 0.15) is 6.42 Å². The minimum absolute atomic E-state index is 0.277. The summed E-state index contributed by atoms with van der Waals surface area (Å²) in [6.45, 7) is 4.61. The number of fused-ring (bicyclic) bond motifs is 1. The van der Waals surface area contributed by atoms with Gasteiger partial charge in [-0.05, 0) is 37.7 Å². The number of benzene rings is 1. The lowest BCUT2D eigenvalue weighted by Crippen LogP contribution is -2.38. The SMILES string of the molecule is O=c1cc(NCC(O)CN2CCCNCC2)c2cc(F)ccc2o1. The van der Waals surface area contributed by atoms with Gasteiger partial charge in [-0.1, -0.05) is 0 Å². The average molecular weight is 335 g/mol. The summed E-state index contributed by atoms with van der Waals surface area (Å²) in [7, 11) is 0. The van der Waals surface area contributed by atoms with E-state index in [0.29, 0.717) is 23.2 Å². The van der Waals surface area contributed by atoms with E-state index in [2.05, 4.69) is 15.5 Å². The number of hydrogen-bond acceptors (Lipinski definition) is 6. The Morgan fingerprint density at radius 1 is 1.33 bits per heavy atom. The number of nitrogens with zero attached hydrogens (tertiary/aromatic N) is 1. The molecule has 0 saturated carbocycles. The van der Waals surface area contributed by atoms with E-state index in [9.17, 15) is 14.3 Å². The zero-order valence-electron chi connectivity index (χ0n) is 13.4. The lowest BCUT2D eigenvalue weighted by molar-refractivity contribution is 0.125. The van der Waals surface area contributed by atoms with Crippen molar-refractivity contribution >= 4 is 16.7 Å². The van der Waals surface area contributed by atoms with Crippen molar-refractivity contribution in [3.63, 3.8) is 0 Å². The van der Waals surface area contributed by atoms with Gasteiger partial charge in [0.05, 0.1) is 11.8 Å². The second kappa shape index (κ2) is 7.74. The Bertz CT molecular complexity index is 741. The molecular formula is C17H22FN3O3. The van der Waals surface area contributed by atoms with Crippen LogP contribution in [0.3, 0.4) is 0 Å². The summed E-state index contributed by atoms with van der Waals surface area (Å²) in [5, 5.41) is 17.1. The van der Waals surface area contributed by atoms with Gasteiger partial charge in [0, 0.05) is 37.6 Å². The molecule has 2 aromatic rings. The quantitative estimate of drug-likeness (QED) is 0.708. The highest BCUT2D eigenvalue weighted by Gasteiger charge is 2.14. The van der Waals surface area contributed by atoms with Crippen LogP contribution in [0, 0.1) is 5.82 Å². The van der Waals surface area contributed by atoms with Gasteiger partial charge >= 0.3 is 5.63 Å². The number of anilines is 1. The Labute approximate surface area is 139 Å². The monoisotopic (exact) mass is 335 g/mol. The van der Waals surface area contributed by atoms with E-state index >= 15 is 0 Å². The largest absolute Gasteiger partial charge is 0.423 e. The zero-order valence-corrected chi connectivity index (χ0v) is 13.4. The normalized spacial score (nSPS) is 17.6. The highest BCUT2D eigenvalue weighted by atomic mass is 19.1. The minimum atomic E-state index is -0.584. The molecule has 2 heterocycles. The molecule has 3 rings (SSSR count). The Morgan fingerprint density at radius 3 is 3.08 bits per heavy atom. The van der Waals surface area contributed by atoms with Crippen molar-refractivity contribution in [3.05, 3.63) is 40.5 Å². The van der Waals surface area contributed by atoms with Gasteiger partial charge < -0.3 is 20.2 Å². The summed E-state index contributed by atoms with van der Waals surface area (Å²) >= 11 is 0. The van der Waals surface area contributed by atoms with Crippen LogP contribution in [0.15, 0.2) is 33.5 Å². The van der Waals surface area contributed by atoms with Gasteiger partial charge in [0.25, 0.3) is 0 Å². The van der Waals surface area contributed by atoms with Gasteiger partial charge in [-0.2, -0.15) is 0 Å². The van der Waals surface area contributed by atoms with E-state index in [1.165, 1.54) is 24.3 Å². The maximum atomic E-state index is 13.5. The van der Waals surface area contributed by atoms with Gasteiger partial charge in [0.1, 0.15) is 11.4 Å². The molecule has 1 saturated heterocycles. The molecule has 130 valence electrons. The number of nitrogens with one attached hydrogen (secondary N) is 2. The third kappa shape index (κ3) is 4.31. The van der Waals surface area contributed by atoms with Gasteiger partial charge in [0.2, 0.25) is 0 Å². The minimum Gasteiger partial charge on any atom is -0.423 e. The van der Waals surface area contributed by atoms with Crippen LogP contribution in [0.4, 0.5) is 10.1 Å². The van der Waals surface area contributed by atoms with Gasteiger partial charge in [-0.25, -0.2) is 9.18 Å². The average Bonchev–Trinajstić information content (AvgIpc) is 2.81. The first-order valence-electron chi connectivity index (χ1n) is 8.20. The predicted molar refractivity (Wildman–Crippen MR) is 90.9 cm³/mol. The van der Waals surface area contributed by atoms with Crippen molar-refractivity contribution < 1.29 is 13.9 Å². The molecule has 1 aliphatic heterocycles. The summed E-state index contributed by atoms with van der Waals surface area (Å²) < 4.78 is 18.5. The van der Waals surface area contributed by atoms with Crippen molar-refractivity contribution in [3.8, 4) is 0 Å². The molecule has 1 fully saturated rings. The number of rotatable bonds is 5. The summed E-state index contributed by atoms with van der Waals surface area (Å²) in [5.74, 6) is -0.406. The van der Waals surface area contributed by atoms with E-state index in [1.807, 2.05) is 0 Å². The van der Waals surface area contributed by atoms with E-state index in [-0.39, 0.29) is 6.54 Å². The second-order valence-corrected chi connectivity index (χ2v) is 6.06. The number of halogens is 1. The summed E-state index contributed by atoms with van der Waals surface area (Å²) in [6.07, 6.45) is 0.475. The molecule has 1 aromatic heterocycles. The van der Waals surface area contributed by atoms with Crippen LogP contribution in [0.25, 0.3) is 11.0 Å². The fourth-order valence-electron chi connectivity index (χ4n) is 2.96. The summed E-state index contributed by atoms with van der Waals surface area (Å²) in [5.41, 5.74) is 0.279. The van der Waals surface area contributed by atoms with Gasteiger partial charge in [-0.15, -0.1) is 0 Å². The van der Waals surface area contributed by atoms with Crippen molar-refractivity contribution in [2.24, 2.45) is 0 Å². The van der Waals surface area contributed by atoms with Crippen LogP contribution in [-0.4, -0.2) is 55.4 Å². The maximum Gasteiger partial charge on any atom is 0.338 e. The Hall–Kier alpha value is -1.96. The van der Waals surface area contributed by atoms with Crippen LogP contribution >= 0.6 is 0 Å². The van der Waals surface area contributed by atoms with Crippen LogP contribution in [0.5, 0.6) is 0 Å². The molecule has 0 bridgehead atoms. The van der Waals surface area contributed by atoms with Crippen molar-refractivity contribution in [2.45, 2.75) is 12.5 Å². The number of hydrogen-bond donors (Lipinski definition) is 3. The maximum absolute atomic E-state index is 13.5. The number of β-amino-alcohol motifs (C(OH)–C–C–N with tert-alkyl or cyclic N) is 1. The first-order chi connectivity index (χ1) is 11.6. The van der Waals surface area contributed by atoms with E-state index in [1.54, 1.807) is 0 Å². The Balaban J connectivity index is 1.66. The Morgan fingerprint density at radius 2 is 2.21 bits per heavy atom. The third-order valence-electron chi connectivity index (χ3n) is 4.13. The Kier molecular flexibility index (Phi) is 5.44. The molecule has 6 nitrogen and oxygen atoms in total. The van der Waals surface area contributed by atoms with Crippen LogP contribution in [0.2, 0.25) is 0 Å². The fraction of sp³-hybridized carbons (Fsp3) is 0.471. The molecule has 1 aromatic carbocycles. The summed E-state index contributed by atoms with van der Waals surface area (Å²) in [6, 6.07) is 5.27. The number of aliphatic hydroxyl groups is 1. The predicted octanol–water partition coefficient (Wildman–Crippen LogP) is 1.00. The molecule has 0 amide bonds. The van der Waals surface area contributed by atoms with Crippen molar-refractivity contribution in [1.82, 2.24) is 10.2 Å². The van der Waals surface area contributed by atoms with E-state index in [0.717, 1.165) is 32.6 Å².